The molecule has 1 aromatic carbocycles. The second-order valence-electron chi connectivity index (χ2n) is 5.14. The second-order valence-corrected chi connectivity index (χ2v) is 5.14. The Morgan fingerprint density at radius 3 is 2.71 bits per heavy atom. The highest BCUT2D eigenvalue weighted by atomic mass is 16.4. The van der Waals surface area contributed by atoms with Crippen LogP contribution in [0.1, 0.15) is 27.4 Å². The lowest BCUT2D eigenvalue weighted by molar-refractivity contribution is 0.0698. The molecule has 3 rings (SSSR count). The molecule has 0 aliphatic rings. The maximum atomic E-state index is 11.4. The molecule has 0 amide bonds. The largest absolute Gasteiger partial charge is 0.478 e. The number of carboxylic acid groups (broad SMARTS) is 1. The molecular weight excluding hydrogens is 268 g/mol. The monoisotopic (exact) mass is 284 g/mol. The van der Waals surface area contributed by atoms with Crippen LogP contribution < -0.4 is 0 Å². The molecular formula is C15H16N4O2. The zero-order valence-electron chi connectivity index (χ0n) is 12.2. The van der Waals surface area contributed by atoms with Crippen LogP contribution in [0.25, 0.3) is 11.0 Å². The van der Waals surface area contributed by atoms with Gasteiger partial charge in [-0.3, -0.25) is 4.68 Å². The molecule has 0 aliphatic carbocycles. The number of aromatic nitrogens is 4. The summed E-state index contributed by atoms with van der Waals surface area (Å²) in [4.78, 5) is 15.9. The van der Waals surface area contributed by atoms with Gasteiger partial charge in [-0.1, -0.05) is 6.07 Å². The first-order valence-corrected chi connectivity index (χ1v) is 6.65. The third kappa shape index (κ3) is 2.18. The van der Waals surface area contributed by atoms with Crippen molar-refractivity contribution in [3.8, 4) is 0 Å². The van der Waals surface area contributed by atoms with Crippen LogP contribution in [0.3, 0.4) is 0 Å². The van der Waals surface area contributed by atoms with E-state index in [-0.39, 0.29) is 5.56 Å². The van der Waals surface area contributed by atoms with Gasteiger partial charge in [0, 0.05) is 18.8 Å². The molecule has 0 saturated heterocycles. The molecule has 0 spiro atoms. The number of nitrogens with zero attached hydrogens (tertiary/aromatic N) is 4. The number of para-hydroxylation sites is 1. The van der Waals surface area contributed by atoms with Gasteiger partial charge in [-0.2, -0.15) is 5.10 Å². The van der Waals surface area contributed by atoms with Crippen LogP contribution >= 0.6 is 0 Å². The van der Waals surface area contributed by atoms with E-state index >= 15 is 0 Å². The summed E-state index contributed by atoms with van der Waals surface area (Å²) in [5.74, 6) is -0.147. The first kappa shape index (κ1) is 13.4. The zero-order valence-corrected chi connectivity index (χ0v) is 12.2. The summed E-state index contributed by atoms with van der Waals surface area (Å²) in [5, 5.41) is 13.7. The van der Waals surface area contributed by atoms with Crippen LogP contribution in [0.15, 0.2) is 24.4 Å². The predicted molar refractivity (Wildman–Crippen MR) is 78.5 cm³/mol. The van der Waals surface area contributed by atoms with E-state index in [4.69, 9.17) is 0 Å². The van der Waals surface area contributed by atoms with Gasteiger partial charge in [0.1, 0.15) is 5.82 Å². The molecule has 6 nitrogen and oxygen atoms in total. The van der Waals surface area contributed by atoms with Gasteiger partial charge in [0.25, 0.3) is 0 Å². The summed E-state index contributed by atoms with van der Waals surface area (Å²) in [6.07, 6.45) is 1.95. The number of aryl methyl sites for hydroxylation is 3. The van der Waals surface area contributed by atoms with Gasteiger partial charge in [-0.15, -0.1) is 0 Å². The summed E-state index contributed by atoms with van der Waals surface area (Å²) < 4.78 is 3.69. The van der Waals surface area contributed by atoms with Gasteiger partial charge in [0.15, 0.2) is 0 Å². The van der Waals surface area contributed by atoms with Gasteiger partial charge in [-0.25, -0.2) is 9.78 Å². The quantitative estimate of drug-likeness (QED) is 0.799. The third-order valence-electron chi connectivity index (χ3n) is 3.63. The highest BCUT2D eigenvalue weighted by Gasteiger charge is 2.17. The van der Waals surface area contributed by atoms with Crippen molar-refractivity contribution in [2.75, 3.05) is 0 Å². The van der Waals surface area contributed by atoms with E-state index in [1.54, 1.807) is 16.8 Å². The first-order valence-electron chi connectivity index (χ1n) is 6.65. The average molecular weight is 284 g/mol. The Bertz CT molecular complexity index is 845. The lowest BCUT2D eigenvalue weighted by Crippen LogP contribution is -2.06. The number of carboxylic acids is 1. The molecule has 2 aromatic heterocycles. The molecule has 6 heteroatoms. The van der Waals surface area contributed by atoms with Crippen LogP contribution in [0.2, 0.25) is 0 Å². The molecule has 3 aromatic rings. The Morgan fingerprint density at radius 1 is 1.33 bits per heavy atom. The first-order chi connectivity index (χ1) is 9.97. The number of carbonyl (C=O) groups is 1. The van der Waals surface area contributed by atoms with Crippen LogP contribution in [0.5, 0.6) is 0 Å². The topological polar surface area (TPSA) is 72.9 Å². The van der Waals surface area contributed by atoms with Crippen LogP contribution in [0.4, 0.5) is 0 Å². The summed E-state index contributed by atoms with van der Waals surface area (Å²) in [6.45, 7) is 4.39. The van der Waals surface area contributed by atoms with Crippen LogP contribution in [0, 0.1) is 13.8 Å². The number of imidazole rings is 1. The minimum atomic E-state index is -0.940. The maximum absolute atomic E-state index is 11.4. The Labute approximate surface area is 121 Å². The molecule has 0 bridgehead atoms. The number of fused-ring (bicyclic) bond motifs is 1. The minimum Gasteiger partial charge on any atom is -0.478 e. The number of rotatable bonds is 3. The molecule has 21 heavy (non-hydrogen) atoms. The summed E-state index contributed by atoms with van der Waals surface area (Å²) in [5.41, 5.74) is 3.63. The molecule has 0 unspecified atom stereocenters. The number of benzene rings is 1. The van der Waals surface area contributed by atoms with E-state index in [0.29, 0.717) is 17.6 Å². The van der Waals surface area contributed by atoms with Crippen molar-refractivity contribution < 1.29 is 9.90 Å². The van der Waals surface area contributed by atoms with E-state index in [2.05, 4.69) is 10.1 Å². The standard InChI is InChI=1S/C15H16N4O2/c1-9-11(7-18(3)17-9)8-19-10(2)16-13-6-4-5-12(14(13)19)15(20)21/h4-7H,8H2,1-3H3,(H,20,21). The SMILES string of the molecule is Cc1nn(C)cc1Cn1c(C)nc2cccc(C(=O)O)c21. The van der Waals surface area contributed by atoms with Crippen LogP contribution in [-0.2, 0) is 13.6 Å². The zero-order chi connectivity index (χ0) is 15.1. The molecule has 0 saturated carbocycles. The van der Waals surface area contributed by atoms with E-state index in [9.17, 15) is 9.90 Å². The Balaban J connectivity index is 2.20. The molecule has 108 valence electrons. The Morgan fingerprint density at radius 2 is 2.10 bits per heavy atom. The lowest BCUT2D eigenvalue weighted by Gasteiger charge is -2.08. The highest BCUT2D eigenvalue weighted by Crippen LogP contribution is 2.22. The fraction of sp³-hybridized carbons (Fsp3) is 0.267. The van der Waals surface area contributed by atoms with E-state index in [1.165, 1.54) is 0 Å². The van der Waals surface area contributed by atoms with E-state index in [1.807, 2.05) is 37.7 Å². The van der Waals surface area contributed by atoms with Gasteiger partial charge in [-0.05, 0) is 26.0 Å². The van der Waals surface area contributed by atoms with Gasteiger partial charge >= 0.3 is 5.97 Å². The molecule has 2 heterocycles. The predicted octanol–water partition coefficient (Wildman–Crippen LogP) is 2.13. The van der Waals surface area contributed by atoms with Crippen molar-refractivity contribution in [1.29, 1.82) is 0 Å². The van der Waals surface area contributed by atoms with Gasteiger partial charge < -0.3 is 9.67 Å². The Kier molecular flexibility index (Phi) is 3.01. The Hall–Kier alpha value is -2.63. The van der Waals surface area contributed by atoms with Crippen molar-refractivity contribution >= 4 is 17.0 Å². The van der Waals surface area contributed by atoms with E-state index < -0.39 is 5.97 Å². The average Bonchev–Trinajstić information content (AvgIpc) is 2.90. The van der Waals surface area contributed by atoms with Crippen molar-refractivity contribution in [2.45, 2.75) is 20.4 Å². The third-order valence-corrected chi connectivity index (χ3v) is 3.63. The summed E-state index contributed by atoms with van der Waals surface area (Å²) in [6, 6.07) is 5.16. The number of hydrogen-bond donors (Lipinski definition) is 1. The van der Waals surface area contributed by atoms with Crippen molar-refractivity contribution in [3.63, 3.8) is 0 Å². The fourth-order valence-corrected chi connectivity index (χ4v) is 2.64. The molecule has 0 aliphatic heterocycles. The van der Waals surface area contributed by atoms with Crippen LogP contribution in [-0.4, -0.2) is 30.4 Å². The number of hydrogen-bond acceptors (Lipinski definition) is 3. The normalized spacial score (nSPS) is 11.2. The lowest BCUT2D eigenvalue weighted by atomic mass is 10.1. The van der Waals surface area contributed by atoms with Crippen molar-refractivity contribution in [1.82, 2.24) is 19.3 Å². The molecule has 1 N–H and O–H groups in total. The summed E-state index contributed by atoms with van der Waals surface area (Å²) in [7, 11) is 1.87. The van der Waals surface area contributed by atoms with Gasteiger partial charge in [0.2, 0.25) is 0 Å². The molecule has 0 atom stereocenters. The molecule has 0 fully saturated rings. The minimum absolute atomic E-state index is 0.273. The molecule has 0 radical (unpaired) electrons. The van der Waals surface area contributed by atoms with E-state index in [0.717, 1.165) is 17.1 Å². The van der Waals surface area contributed by atoms with Crippen molar-refractivity contribution in [3.05, 3.63) is 47.0 Å². The highest BCUT2D eigenvalue weighted by molar-refractivity contribution is 6.01. The maximum Gasteiger partial charge on any atom is 0.337 e. The van der Waals surface area contributed by atoms with Crippen molar-refractivity contribution in [2.24, 2.45) is 7.05 Å². The van der Waals surface area contributed by atoms with Gasteiger partial charge in [0.05, 0.1) is 28.8 Å². The number of aromatic carboxylic acids is 1. The second kappa shape index (κ2) is 4.73. The fourth-order valence-electron chi connectivity index (χ4n) is 2.64. The summed E-state index contributed by atoms with van der Waals surface area (Å²) >= 11 is 0. The smallest absolute Gasteiger partial charge is 0.337 e.